The maximum Gasteiger partial charge on any atom is 0.278 e. The number of rotatable bonds is 2. The van der Waals surface area contributed by atoms with Crippen LogP contribution in [-0.2, 0) is 4.79 Å². The van der Waals surface area contributed by atoms with Crippen molar-refractivity contribution in [2.75, 3.05) is 19.4 Å². The van der Waals surface area contributed by atoms with Crippen molar-refractivity contribution < 1.29 is 9.53 Å². The number of methoxy groups -OCH3 is 1. The SMILES string of the molecule is COc1ccccc1/C=C1\N=C2SCCCN2C1=O. The lowest BCUT2D eigenvalue weighted by atomic mass is 10.1. The number of amidine groups is 1. The van der Waals surface area contributed by atoms with E-state index >= 15 is 0 Å². The van der Waals surface area contributed by atoms with Crippen molar-refractivity contribution >= 4 is 28.9 Å². The first-order valence-electron chi connectivity index (χ1n) is 6.17. The highest BCUT2D eigenvalue weighted by molar-refractivity contribution is 8.13. The van der Waals surface area contributed by atoms with Crippen LogP contribution in [0.3, 0.4) is 0 Å². The number of fused-ring (bicyclic) bond motifs is 1. The Morgan fingerprint density at radius 3 is 3.05 bits per heavy atom. The topological polar surface area (TPSA) is 41.9 Å². The molecule has 0 saturated carbocycles. The Bertz CT molecular complexity index is 581. The van der Waals surface area contributed by atoms with Crippen molar-refractivity contribution in [3.8, 4) is 5.75 Å². The van der Waals surface area contributed by atoms with Gasteiger partial charge in [-0.25, -0.2) is 4.99 Å². The lowest BCUT2D eigenvalue weighted by Gasteiger charge is -2.21. The fraction of sp³-hybridized carbons (Fsp3) is 0.286. The van der Waals surface area contributed by atoms with E-state index in [1.807, 2.05) is 24.3 Å². The second-order valence-electron chi connectivity index (χ2n) is 4.32. The third-order valence-corrected chi connectivity index (χ3v) is 4.16. The Morgan fingerprint density at radius 1 is 1.42 bits per heavy atom. The van der Waals surface area contributed by atoms with Crippen molar-refractivity contribution in [1.82, 2.24) is 4.90 Å². The molecule has 3 rings (SSSR count). The van der Waals surface area contributed by atoms with Gasteiger partial charge in [0.15, 0.2) is 5.17 Å². The smallest absolute Gasteiger partial charge is 0.278 e. The number of carbonyl (C=O) groups excluding carboxylic acids is 1. The van der Waals surface area contributed by atoms with Crippen LogP contribution in [0.2, 0.25) is 0 Å². The number of ether oxygens (including phenoxy) is 1. The maximum absolute atomic E-state index is 12.2. The van der Waals surface area contributed by atoms with Crippen LogP contribution in [0.5, 0.6) is 5.75 Å². The van der Waals surface area contributed by atoms with Crippen molar-refractivity contribution in [2.24, 2.45) is 4.99 Å². The van der Waals surface area contributed by atoms with Crippen molar-refractivity contribution in [1.29, 1.82) is 0 Å². The van der Waals surface area contributed by atoms with E-state index in [2.05, 4.69) is 4.99 Å². The summed E-state index contributed by atoms with van der Waals surface area (Å²) in [5.41, 5.74) is 1.37. The van der Waals surface area contributed by atoms with Crippen molar-refractivity contribution in [2.45, 2.75) is 6.42 Å². The van der Waals surface area contributed by atoms with Crippen molar-refractivity contribution in [3.05, 3.63) is 35.5 Å². The summed E-state index contributed by atoms with van der Waals surface area (Å²) >= 11 is 1.64. The second-order valence-corrected chi connectivity index (χ2v) is 5.39. The molecular formula is C14H14N2O2S. The molecule has 0 unspecified atom stereocenters. The minimum atomic E-state index is -0.00638. The van der Waals surface area contributed by atoms with Crippen molar-refractivity contribution in [3.63, 3.8) is 0 Å². The van der Waals surface area contributed by atoms with Crippen LogP contribution in [0, 0.1) is 0 Å². The fourth-order valence-electron chi connectivity index (χ4n) is 2.16. The van der Waals surface area contributed by atoms with E-state index < -0.39 is 0 Å². The van der Waals surface area contributed by atoms with E-state index in [1.54, 1.807) is 29.8 Å². The normalized spacial score (nSPS) is 20.5. The Balaban J connectivity index is 1.96. The Kier molecular flexibility index (Phi) is 3.29. The van der Waals surface area contributed by atoms with Gasteiger partial charge < -0.3 is 4.74 Å². The molecule has 2 aliphatic heterocycles. The number of benzene rings is 1. The maximum atomic E-state index is 12.2. The summed E-state index contributed by atoms with van der Waals surface area (Å²) < 4.78 is 5.29. The molecule has 0 atom stereocenters. The van der Waals surface area contributed by atoms with E-state index in [0.29, 0.717) is 5.70 Å². The molecule has 0 N–H and O–H groups in total. The van der Waals surface area contributed by atoms with Gasteiger partial charge in [-0.05, 0) is 18.6 Å². The Hall–Kier alpha value is -1.75. The molecule has 2 heterocycles. The van der Waals surface area contributed by atoms with Gasteiger partial charge in [0, 0.05) is 17.9 Å². The number of carbonyl (C=O) groups is 1. The Labute approximate surface area is 116 Å². The first-order chi connectivity index (χ1) is 9.29. The van der Waals surface area contributed by atoms with E-state index in [9.17, 15) is 4.79 Å². The van der Waals surface area contributed by atoms with Gasteiger partial charge in [-0.3, -0.25) is 9.69 Å². The zero-order valence-electron chi connectivity index (χ0n) is 10.6. The molecule has 5 heteroatoms. The fourth-order valence-corrected chi connectivity index (χ4v) is 3.11. The molecule has 0 aliphatic carbocycles. The van der Waals surface area contributed by atoms with Gasteiger partial charge in [0.1, 0.15) is 11.4 Å². The quantitative estimate of drug-likeness (QED) is 0.778. The van der Waals surface area contributed by atoms with Gasteiger partial charge in [-0.15, -0.1) is 0 Å². The monoisotopic (exact) mass is 274 g/mol. The Morgan fingerprint density at radius 2 is 2.26 bits per heavy atom. The van der Waals surface area contributed by atoms with Gasteiger partial charge >= 0.3 is 0 Å². The summed E-state index contributed by atoms with van der Waals surface area (Å²) in [4.78, 5) is 18.4. The summed E-state index contributed by atoms with van der Waals surface area (Å²) in [6.07, 6.45) is 2.82. The minimum Gasteiger partial charge on any atom is -0.496 e. The van der Waals surface area contributed by atoms with E-state index in [4.69, 9.17) is 4.74 Å². The molecule has 4 nitrogen and oxygen atoms in total. The highest BCUT2D eigenvalue weighted by atomic mass is 32.2. The summed E-state index contributed by atoms with van der Waals surface area (Å²) in [7, 11) is 1.62. The third kappa shape index (κ3) is 2.26. The predicted molar refractivity (Wildman–Crippen MR) is 77.2 cm³/mol. The summed E-state index contributed by atoms with van der Waals surface area (Å²) in [5, 5.41) is 0.831. The van der Waals surface area contributed by atoms with Crippen LogP contribution in [0.1, 0.15) is 12.0 Å². The second kappa shape index (κ2) is 5.09. The molecule has 19 heavy (non-hydrogen) atoms. The molecule has 0 bridgehead atoms. The number of thioether (sulfide) groups is 1. The van der Waals surface area contributed by atoms with E-state index in [-0.39, 0.29) is 5.91 Å². The van der Waals surface area contributed by atoms with Gasteiger partial charge in [0.25, 0.3) is 5.91 Å². The average Bonchev–Trinajstić information content (AvgIpc) is 2.77. The minimum absolute atomic E-state index is 0.00638. The molecule has 0 spiro atoms. The first kappa shape index (κ1) is 12.3. The molecule has 1 aromatic carbocycles. The molecule has 1 saturated heterocycles. The van der Waals surface area contributed by atoms with Crippen LogP contribution in [0.25, 0.3) is 6.08 Å². The van der Waals surface area contributed by atoms with Gasteiger partial charge in [-0.1, -0.05) is 30.0 Å². The summed E-state index contributed by atoms with van der Waals surface area (Å²) in [6.45, 7) is 0.772. The third-order valence-electron chi connectivity index (χ3n) is 3.10. The molecular weight excluding hydrogens is 260 g/mol. The average molecular weight is 274 g/mol. The zero-order valence-corrected chi connectivity index (χ0v) is 11.4. The number of aliphatic imine (C=N–C) groups is 1. The number of nitrogens with zero attached hydrogens (tertiary/aromatic N) is 2. The zero-order chi connectivity index (χ0) is 13.2. The standard InChI is InChI=1S/C14H14N2O2S/c1-18-12-6-3-2-5-10(12)9-11-13(17)16-7-4-8-19-14(16)15-11/h2-3,5-6,9H,4,7-8H2,1H3/b11-9-. The first-order valence-corrected chi connectivity index (χ1v) is 7.16. The highest BCUT2D eigenvalue weighted by Gasteiger charge is 2.32. The van der Waals surface area contributed by atoms with E-state index in [0.717, 1.165) is 35.2 Å². The molecule has 0 radical (unpaired) electrons. The lowest BCUT2D eigenvalue weighted by molar-refractivity contribution is -0.122. The molecule has 1 amide bonds. The summed E-state index contributed by atoms with van der Waals surface area (Å²) in [6, 6.07) is 7.62. The number of hydrogen-bond donors (Lipinski definition) is 0. The van der Waals surface area contributed by atoms with Crippen LogP contribution < -0.4 is 4.74 Å². The molecule has 0 aromatic heterocycles. The lowest BCUT2D eigenvalue weighted by Crippen LogP contribution is -2.34. The van der Waals surface area contributed by atoms with Crippen LogP contribution in [-0.4, -0.2) is 35.4 Å². The summed E-state index contributed by atoms with van der Waals surface area (Å²) in [5.74, 6) is 1.78. The predicted octanol–water partition coefficient (Wildman–Crippen LogP) is 2.37. The van der Waals surface area contributed by atoms with E-state index in [1.165, 1.54) is 0 Å². The van der Waals surface area contributed by atoms with Gasteiger partial charge in [-0.2, -0.15) is 0 Å². The molecule has 1 fully saturated rings. The number of amides is 1. The number of para-hydroxylation sites is 1. The van der Waals surface area contributed by atoms with Crippen LogP contribution >= 0.6 is 11.8 Å². The number of hydrogen-bond acceptors (Lipinski definition) is 4. The highest BCUT2D eigenvalue weighted by Crippen LogP contribution is 2.29. The van der Waals surface area contributed by atoms with Gasteiger partial charge in [0.05, 0.1) is 7.11 Å². The molecule has 2 aliphatic rings. The molecule has 98 valence electrons. The van der Waals surface area contributed by atoms with Gasteiger partial charge in [0.2, 0.25) is 0 Å². The van der Waals surface area contributed by atoms with Crippen LogP contribution in [0.15, 0.2) is 35.0 Å². The molecule has 1 aromatic rings. The largest absolute Gasteiger partial charge is 0.496 e. The van der Waals surface area contributed by atoms with Crippen LogP contribution in [0.4, 0.5) is 0 Å².